The van der Waals surface area contributed by atoms with Crippen LogP contribution in [0.5, 0.6) is 5.88 Å². The van der Waals surface area contributed by atoms with Crippen LogP contribution in [0, 0.1) is 0 Å². The Labute approximate surface area is 85.0 Å². The number of hydrogen-bond donors (Lipinski definition) is 1. The van der Waals surface area contributed by atoms with Gasteiger partial charge in [0.1, 0.15) is 6.20 Å². The van der Waals surface area contributed by atoms with E-state index in [-0.39, 0.29) is 0 Å². The van der Waals surface area contributed by atoms with Crippen LogP contribution >= 0.6 is 0 Å². The van der Waals surface area contributed by atoms with Crippen LogP contribution in [0.4, 0.5) is 0 Å². The fourth-order valence-corrected chi connectivity index (χ4v) is 1.32. The van der Waals surface area contributed by atoms with Gasteiger partial charge in [0.2, 0.25) is 0 Å². The average Bonchev–Trinajstić information content (AvgIpc) is 2.69. The summed E-state index contributed by atoms with van der Waals surface area (Å²) in [5, 5.41) is 9.98. The van der Waals surface area contributed by atoms with Gasteiger partial charge in [-0.3, -0.25) is 0 Å². The molecule has 0 spiro atoms. The lowest BCUT2D eigenvalue weighted by atomic mass is 10.1. The van der Waals surface area contributed by atoms with E-state index in [9.17, 15) is 0 Å². The van der Waals surface area contributed by atoms with Crippen molar-refractivity contribution >= 4 is 0 Å². The van der Waals surface area contributed by atoms with Crippen molar-refractivity contribution in [1.82, 2.24) is 15.4 Å². The predicted octanol–water partition coefficient (Wildman–Crippen LogP) is 2.54. The van der Waals surface area contributed by atoms with E-state index < -0.39 is 0 Å². The molecule has 0 aliphatic heterocycles. The largest absolute Gasteiger partial charge is 0.475 e. The maximum absolute atomic E-state index is 5.35. The number of H-pyrrole nitrogens is 1. The monoisotopic (exact) mass is 197 g/mol. The Kier molecular flexibility index (Phi) is 5.79. The van der Waals surface area contributed by atoms with E-state index in [0.717, 1.165) is 13.0 Å². The molecule has 4 heteroatoms. The predicted molar refractivity (Wildman–Crippen MR) is 55.3 cm³/mol. The number of unbranched alkanes of at least 4 members (excludes halogenated alkanes) is 5. The Morgan fingerprint density at radius 3 is 2.71 bits per heavy atom. The number of ether oxygens (including phenoxy) is 1. The second kappa shape index (κ2) is 7.35. The number of nitrogens with one attached hydrogen (secondary N) is 1. The molecular formula is C10H19N3O. The number of hydrogen-bond acceptors (Lipinski definition) is 3. The summed E-state index contributed by atoms with van der Waals surface area (Å²) in [5.74, 6) is 0.596. The van der Waals surface area contributed by atoms with Crippen LogP contribution in [-0.4, -0.2) is 22.0 Å². The summed E-state index contributed by atoms with van der Waals surface area (Å²) in [6.07, 6.45) is 9.27. The molecule has 0 fully saturated rings. The first-order valence-corrected chi connectivity index (χ1v) is 5.42. The zero-order chi connectivity index (χ0) is 10.1. The zero-order valence-corrected chi connectivity index (χ0v) is 8.83. The number of aromatic amines is 1. The Hall–Kier alpha value is -1.06. The highest BCUT2D eigenvalue weighted by Crippen LogP contribution is 2.06. The highest BCUT2D eigenvalue weighted by Gasteiger charge is 1.95. The van der Waals surface area contributed by atoms with Crippen molar-refractivity contribution in [2.45, 2.75) is 45.4 Å². The summed E-state index contributed by atoms with van der Waals surface area (Å²) in [6, 6.07) is 0. The van der Waals surface area contributed by atoms with Crippen molar-refractivity contribution in [2.24, 2.45) is 0 Å². The van der Waals surface area contributed by atoms with E-state index in [0.29, 0.717) is 5.88 Å². The normalized spacial score (nSPS) is 10.4. The van der Waals surface area contributed by atoms with Crippen molar-refractivity contribution in [1.29, 1.82) is 0 Å². The molecule has 0 saturated carbocycles. The molecule has 0 aliphatic carbocycles. The quantitative estimate of drug-likeness (QED) is 0.651. The van der Waals surface area contributed by atoms with Gasteiger partial charge in [0.25, 0.3) is 5.88 Å². The maximum atomic E-state index is 5.35. The van der Waals surface area contributed by atoms with Crippen LogP contribution in [0.2, 0.25) is 0 Å². The summed E-state index contributed by atoms with van der Waals surface area (Å²) in [5.41, 5.74) is 0. The summed E-state index contributed by atoms with van der Waals surface area (Å²) in [6.45, 7) is 2.98. The smallest absolute Gasteiger partial charge is 0.253 e. The molecular weight excluding hydrogens is 178 g/mol. The minimum atomic E-state index is 0.596. The second-order valence-corrected chi connectivity index (χ2v) is 3.42. The number of aromatic nitrogens is 3. The highest BCUT2D eigenvalue weighted by atomic mass is 16.5. The topological polar surface area (TPSA) is 50.8 Å². The van der Waals surface area contributed by atoms with Crippen molar-refractivity contribution < 1.29 is 4.74 Å². The Morgan fingerprint density at radius 2 is 2.00 bits per heavy atom. The van der Waals surface area contributed by atoms with Crippen molar-refractivity contribution in [2.75, 3.05) is 6.61 Å². The van der Waals surface area contributed by atoms with Crippen LogP contribution in [0.1, 0.15) is 45.4 Å². The van der Waals surface area contributed by atoms with E-state index in [4.69, 9.17) is 4.74 Å². The summed E-state index contributed by atoms with van der Waals surface area (Å²) in [7, 11) is 0. The molecule has 0 radical (unpaired) electrons. The molecule has 0 atom stereocenters. The van der Waals surface area contributed by atoms with Gasteiger partial charge in [-0.2, -0.15) is 10.3 Å². The van der Waals surface area contributed by atoms with Gasteiger partial charge < -0.3 is 4.74 Å². The van der Waals surface area contributed by atoms with Gasteiger partial charge in [0, 0.05) is 0 Å². The first kappa shape index (κ1) is 11.0. The number of nitrogens with zero attached hydrogens (tertiary/aromatic N) is 2. The fourth-order valence-electron chi connectivity index (χ4n) is 1.32. The summed E-state index contributed by atoms with van der Waals surface area (Å²) in [4.78, 5) is 0. The molecule has 4 nitrogen and oxygen atoms in total. The van der Waals surface area contributed by atoms with E-state index in [1.165, 1.54) is 32.1 Å². The minimum Gasteiger partial charge on any atom is -0.475 e. The molecule has 0 unspecified atom stereocenters. The van der Waals surface area contributed by atoms with Crippen molar-refractivity contribution in [3.8, 4) is 5.88 Å². The molecule has 14 heavy (non-hydrogen) atoms. The SMILES string of the molecule is CCCCCCCCOc1cn[nH]n1. The minimum absolute atomic E-state index is 0.596. The van der Waals surface area contributed by atoms with Crippen LogP contribution in [0.25, 0.3) is 0 Å². The third-order valence-corrected chi connectivity index (χ3v) is 2.14. The van der Waals surface area contributed by atoms with Gasteiger partial charge in [0.05, 0.1) is 6.61 Å². The molecule has 1 N–H and O–H groups in total. The first-order valence-electron chi connectivity index (χ1n) is 5.42. The Morgan fingerprint density at radius 1 is 1.21 bits per heavy atom. The number of rotatable bonds is 8. The van der Waals surface area contributed by atoms with Gasteiger partial charge in [-0.1, -0.05) is 39.0 Å². The molecule has 1 heterocycles. The van der Waals surface area contributed by atoms with Crippen LogP contribution in [0.3, 0.4) is 0 Å². The molecule has 0 saturated heterocycles. The van der Waals surface area contributed by atoms with Crippen molar-refractivity contribution in [3.05, 3.63) is 6.20 Å². The molecule has 0 aromatic carbocycles. The van der Waals surface area contributed by atoms with E-state index >= 15 is 0 Å². The second-order valence-electron chi connectivity index (χ2n) is 3.42. The van der Waals surface area contributed by atoms with E-state index in [2.05, 4.69) is 22.3 Å². The van der Waals surface area contributed by atoms with Gasteiger partial charge in [0.15, 0.2) is 0 Å². The van der Waals surface area contributed by atoms with Gasteiger partial charge >= 0.3 is 0 Å². The molecule has 1 aromatic rings. The van der Waals surface area contributed by atoms with Gasteiger partial charge in [-0.25, -0.2) is 0 Å². The molecule has 1 aromatic heterocycles. The molecule has 0 amide bonds. The lowest BCUT2D eigenvalue weighted by Crippen LogP contribution is -1.97. The fraction of sp³-hybridized carbons (Fsp3) is 0.800. The molecule has 0 bridgehead atoms. The Balaban J connectivity index is 1.85. The maximum Gasteiger partial charge on any atom is 0.253 e. The first-order chi connectivity index (χ1) is 6.93. The third kappa shape index (κ3) is 4.84. The lowest BCUT2D eigenvalue weighted by Gasteiger charge is -2.01. The third-order valence-electron chi connectivity index (χ3n) is 2.14. The summed E-state index contributed by atoms with van der Waals surface area (Å²) >= 11 is 0. The van der Waals surface area contributed by atoms with Crippen LogP contribution in [-0.2, 0) is 0 Å². The van der Waals surface area contributed by atoms with Gasteiger partial charge in [-0.15, -0.1) is 5.10 Å². The average molecular weight is 197 g/mol. The highest BCUT2D eigenvalue weighted by molar-refractivity contribution is 4.96. The van der Waals surface area contributed by atoms with Crippen LogP contribution < -0.4 is 4.74 Å². The van der Waals surface area contributed by atoms with E-state index in [1.54, 1.807) is 6.20 Å². The molecule has 80 valence electrons. The van der Waals surface area contributed by atoms with Gasteiger partial charge in [-0.05, 0) is 6.42 Å². The summed E-state index contributed by atoms with van der Waals surface area (Å²) < 4.78 is 5.35. The lowest BCUT2D eigenvalue weighted by molar-refractivity contribution is 0.293. The van der Waals surface area contributed by atoms with Crippen LogP contribution in [0.15, 0.2) is 6.20 Å². The zero-order valence-electron chi connectivity index (χ0n) is 8.83. The van der Waals surface area contributed by atoms with E-state index in [1.807, 2.05) is 0 Å². The molecule has 1 rings (SSSR count). The van der Waals surface area contributed by atoms with Crippen molar-refractivity contribution in [3.63, 3.8) is 0 Å². The Bertz CT molecular complexity index is 211. The molecule has 0 aliphatic rings. The standard InChI is InChI=1S/C10H19N3O/c1-2-3-4-5-6-7-8-14-10-9-11-13-12-10/h9H,2-8H2,1H3,(H,11,12,13).